The van der Waals surface area contributed by atoms with Crippen molar-refractivity contribution in [3.63, 3.8) is 0 Å². The Hall–Kier alpha value is -3.38. The van der Waals surface area contributed by atoms with E-state index in [0.717, 1.165) is 11.1 Å². The van der Waals surface area contributed by atoms with E-state index in [1.807, 2.05) is 19.1 Å². The summed E-state index contributed by atoms with van der Waals surface area (Å²) in [6.45, 7) is 1.77. The molecule has 0 aliphatic heterocycles. The average molecular weight is 559 g/mol. The quantitative estimate of drug-likeness (QED) is 0.255. The minimum absolute atomic E-state index is 0.0579. The second kappa shape index (κ2) is 10.2. The molecule has 1 N–H and O–H groups in total. The highest BCUT2D eigenvalue weighted by molar-refractivity contribution is 7.89. The van der Waals surface area contributed by atoms with Gasteiger partial charge in [-0.05, 0) is 36.8 Å². The van der Waals surface area contributed by atoms with Gasteiger partial charge in [0.15, 0.2) is 11.6 Å². The molecule has 37 heavy (non-hydrogen) atoms. The van der Waals surface area contributed by atoms with E-state index in [4.69, 9.17) is 21.1 Å². The first-order valence-corrected chi connectivity index (χ1v) is 13.7. The van der Waals surface area contributed by atoms with Gasteiger partial charge in [0.2, 0.25) is 15.9 Å². The van der Waals surface area contributed by atoms with Gasteiger partial charge in [-0.3, -0.25) is 0 Å². The van der Waals surface area contributed by atoms with Crippen molar-refractivity contribution in [1.29, 1.82) is 0 Å². The maximum atomic E-state index is 15.0. The zero-order chi connectivity index (χ0) is 26.2. The Bertz CT molecular complexity index is 1730. The maximum absolute atomic E-state index is 15.0. The number of rotatable bonds is 8. The van der Waals surface area contributed by atoms with Crippen LogP contribution in [-0.2, 0) is 10.0 Å². The van der Waals surface area contributed by atoms with Crippen molar-refractivity contribution >= 4 is 54.2 Å². The molecule has 0 amide bonds. The molecule has 190 valence electrons. The van der Waals surface area contributed by atoms with E-state index in [2.05, 4.69) is 19.7 Å². The lowest BCUT2D eigenvalue weighted by atomic mass is 10.1. The molecule has 8 nitrogen and oxygen atoms in total. The highest BCUT2D eigenvalue weighted by Gasteiger charge is 2.20. The summed E-state index contributed by atoms with van der Waals surface area (Å²) >= 11 is 7.63. The molecule has 0 spiro atoms. The summed E-state index contributed by atoms with van der Waals surface area (Å²) < 4.78 is 53.5. The molecule has 12 heteroatoms. The molecular formula is C25H20ClFN4O4S2. The third-order valence-corrected chi connectivity index (χ3v) is 8.30. The normalized spacial score (nSPS) is 11.8. The van der Waals surface area contributed by atoms with E-state index < -0.39 is 15.8 Å². The number of fused-ring (bicyclic) bond motifs is 2. The van der Waals surface area contributed by atoms with Crippen molar-refractivity contribution in [2.24, 2.45) is 0 Å². The van der Waals surface area contributed by atoms with Gasteiger partial charge in [0, 0.05) is 18.2 Å². The number of methoxy groups -OCH3 is 1. The van der Waals surface area contributed by atoms with Gasteiger partial charge in [0.25, 0.3) is 0 Å². The summed E-state index contributed by atoms with van der Waals surface area (Å²) in [6, 6.07) is 13.3. The predicted octanol–water partition coefficient (Wildman–Crippen LogP) is 5.37. The minimum atomic E-state index is -3.70. The largest absolute Gasteiger partial charge is 0.489 e. The summed E-state index contributed by atoms with van der Waals surface area (Å²) in [5.74, 6) is -0.466. The van der Waals surface area contributed by atoms with Crippen LogP contribution in [0.2, 0.25) is 5.02 Å². The lowest BCUT2D eigenvalue weighted by Crippen LogP contribution is -2.28. The van der Waals surface area contributed by atoms with Gasteiger partial charge < -0.3 is 9.47 Å². The number of sulfonamides is 1. The molecule has 2 heterocycles. The zero-order valence-electron chi connectivity index (χ0n) is 19.7. The molecule has 5 aromatic rings. The number of hydrogen-bond donors (Lipinski definition) is 1. The third-order valence-electron chi connectivity index (χ3n) is 5.45. The number of ether oxygens (including phenoxy) is 2. The van der Waals surface area contributed by atoms with Crippen LogP contribution in [0.15, 0.2) is 59.6 Å². The van der Waals surface area contributed by atoms with Crippen LogP contribution in [0.3, 0.4) is 0 Å². The third kappa shape index (κ3) is 5.08. The number of nitrogens with zero attached hydrogens (tertiary/aromatic N) is 3. The van der Waals surface area contributed by atoms with Crippen LogP contribution in [0.4, 0.5) is 4.39 Å². The van der Waals surface area contributed by atoms with Gasteiger partial charge in [-0.1, -0.05) is 29.8 Å². The maximum Gasteiger partial charge on any atom is 0.240 e. The van der Waals surface area contributed by atoms with Gasteiger partial charge in [0.1, 0.15) is 22.2 Å². The molecule has 5 rings (SSSR count). The topological polar surface area (TPSA) is 103 Å². The molecule has 0 bridgehead atoms. The van der Waals surface area contributed by atoms with Crippen LogP contribution in [0.25, 0.3) is 31.8 Å². The Morgan fingerprint density at radius 2 is 1.89 bits per heavy atom. The average Bonchev–Trinajstić information content (AvgIpc) is 3.33. The number of halogens is 2. The minimum Gasteiger partial charge on any atom is -0.489 e. The summed E-state index contributed by atoms with van der Waals surface area (Å²) in [5.41, 5.74) is 3.26. The molecule has 0 fully saturated rings. The van der Waals surface area contributed by atoms with Crippen molar-refractivity contribution in [3.8, 4) is 22.2 Å². The number of hydrogen-bond acceptors (Lipinski definition) is 8. The first kappa shape index (κ1) is 25.3. The van der Waals surface area contributed by atoms with Crippen LogP contribution in [0.1, 0.15) is 5.56 Å². The lowest BCUT2D eigenvalue weighted by Gasteiger charge is -2.10. The molecule has 0 saturated heterocycles. The molecule has 0 aliphatic rings. The van der Waals surface area contributed by atoms with E-state index in [1.54, 1.807) is 18.2 Å². The highest BCUT2D eigenvalue weighted by atomic mass is 35.5. The fourth-order valence-corrected chi connectivity index (χ4v) is 6.08. The molecule has 0 unspecified atom stereocenters. The van der Waals surface area contributed by atoms with Crippen LogP contribution < -0.4 is 14.2 Å². The van der Waals surface area contributed by atoms with Gasteiger partial charge in [0.05, 0.1) is 33.9 Å². The van der Waals surface area contributed by atoms with E-state index in [0.29, 0.717) is 32.1 Å². The summed E-state index contributed by atoms with van der Waals surface area (Å²) in [4.78, 5) is 13.7. The SMILES string of the molecule is COc1cnc2c(-c3nc4c(Cl)c(F)c(OCCNS(=O)(=O)c5ccccc5)cc4s3)cc(C)cc2n1. The summed E-state index contributed by atoms with van der Waals surface area (Å²) in [6.07, 6.45) is 1.53. The number of nitrogens with one attached hydrogen (secondary N) is 1. The Morgan fingerprint density at radius 1 is 1.11 bits per heavy atom. The van der Waals surface area contributed by atoms with Gasteiger partial charge in [-0.2, -0.15) is 0 Å². The predicted molar refractivity (Wildman–Crippen MR) is 142 cm³/mol. The summed E-state index contributed by atoms with van der Waals surface area (Å²) in [7, 11) is -2.18. The number of aryl methyl sites for hydroxylation is 1. The van der Waals surface area contributed by atoms with Crippen LogP contribution >= 0.6 is 22.9 Å². The van der Waals surface area contributed by atoms with Crippen LogP contribution in [-0.4, -0.2) is 43.6 Å². The second-order valence-corrected chi connectivity index (χ2v) is 11.2. The van der Waals surface area contributed by atoms with Crippen LogP contribution in [0, 0.1) is 12.7 Å². The van der Waals surface area contributed by atoms with Crippen molar-refractivity contribution in [1.82, 2.24) is 19.7 Å². The van der Waals surface area contributed by atoms with Crippen LogP contribution in [0.5, 0.6) is 11.6 Å². The van der Waals surface area contributed by atoms with Gasteiger partial charge >= 0.3 is 0 Å². The highest BCUT2D eigenvalue weighted by Crippen LogP contribution is 2.40. The van der Waals surface area contributed by atoms with Crippen molar-refractivity contribution in [3.05, 3.63) is 71.1 Å². The first-order valence-electron chi connectivity index (χ1n) is 11.0. The van der Waals surface area contributed by atoms with Crippen molar-refractivity contribution in [2.45, 2.75) is 11.8 Å². The van der Waals surface area contributed by atoms with Gasteiger partial charge in [-0.15, -0.1) is 11.3 Å². The summed E-state index contributed by atoms with van der Waals surface area (Å²) in [5, 5.41) is 0.418. The molecule has 0 saturated carbocycles. The molecule has 0 radical (unpaired) electrons. The smallest absolute Gasteiger partial charge is 0.240 e. The second-order valence-electron chi connectivity index (χ2n) is 8.02. The van der Waals surface area contributed by atoms with E-state index in [9.17, 15) is 8.42 Å². The molecule has 2 aromatic heterocycles. The first-order chi connectivity index (χ1) is 17.8. The Morgan fingerprint density at radius 3 is 2.65 bits per heavy atom. The number of thiazole rings is 1. The van der Waals surface area contributed by atoms with Crippen molar-refractivity contribution < 1.29 is 22.3 Å². The molecule has 0 atom stereocenters. The van der Waals surface area contributed by atoms with E-state index >= 15 is 4.39 Å². The lowest BCUT2D eigenvalue weighted by molar-refractivity contribution is 0.307. The molecule has 3 aromatic carbocycles. The Labute approximate surface area is 221 Å². The van der Waals surface area contributed by atoms with E-state index in [-0.39, 0.29) is 28.8 Å². The standard InChI is InChI=1S/C25H20ClFN4O4S2/c1-14-10-16(23-17(11-14)30-20(34-2)13-28-23)25-31-24-19(36-25)12-18(22(27)21(24)26)35-9-8-29-37(32,33)15-6-4-3-5-7-15/h3-7,10-13,29H,8-9H2,1-2H3. The Kier molecular flexibility index (Phi) is 6.95. The van der Waals surface area contributed by atoms with E-state index in [1.165, 1.54) is 42.8 Å². The monoisotopic (exact) mass is 558 g/mol. The fourth-order valence-electron chi connectivity index (χ4n) is 3.73. The molecule has 0 aliphatic carbocycles. The molecular weight excluding hydrogens is 539 g/mol. The fraction of sp³-hybridized carbons (Fsp3) is 0.160. The Balaban J connectivity index is 1.41. The number of aromatic nitrogens is 3. The zero-order valence-corrected chi connectivity index (χ0v) is 22.0. The van der Waals surface area contributed by atoms with Crippen molar-refractivity contribution in [2.75, 3.05) is 20.3 Å². The van der Waals surface area contributed by atoms with Gasteiger partial charge in [-0.25, -0.2) is 32.5 Å². The number of benzene rings is 3.